The predicted molar refractivity (Wildman–Crippen MR) is 62.1 cm³/mol. The fourth-order valence-corrected chi connectivity index (χ4v) is 2.15. The van der Waals surface area contributed by atoms with Gasteiger partial charge in [-0.2, -0.15) is 13.2 Å². The first-order valence-corrected chi connectivity index (χ1v) is 5.97. The van der Waals surface area contributed by atoms with Gasteiger partial charge < -0.3 is 4.74 Å². The van der Waals surface area contributed by atoms with Gasteiger partial charge in [-0.3, -0.25) is 5.32 Å². The van der Waals surface area contributed by atoms with Crippen LogP contribution >= 0.6 is 0 Å². The summed E-state index contributed by atoms with van der Waals surface area (Å²) in [6.45, 7) is 0.531. The van der Waals surface area contributed by atoms with E-state index in [-0.39, 0.29) is 32.6 Å². The monoisotopic (exact) mass is 259 g/mol. The largest absolute Gasteiger partial charge is 0.406 e. The van der Waals surface area contributed by atoms with Crippen molar-refractivity contribution in [2.24, 2.45) is 0 Å². The van der Waals surface area contributed by atoms with Gasteiger partial charge in [0.25, 0.3) is 0 Å². The maximum absolute atomic E-state index is 13.2. The highest BCUT2D eigenvalue weighted by atomic mass is 19.4. The SMILES string of the molecule is FC(F)(F)C1(NCc2ccccc2)CCOCC1. The highest BCUT2D eigenvalue weighted by Gasteiger charge is 2.54. The molecule has 2 rings (SSSR count). The van der Waals surface area contributed by atoms with Gasteiger partial charge >= 0.3 is 6.18 Å². The van der Waals surface area contributed by atoms with E-state index < -0.39 is 11.7 Å². The summed E-state index contributed by atoms with van der Waals surface area (Å²) in [7, 11) is 0. The molecule has 5 heteroatoms. The van der Waals surface area contributed by atoms with Crippen LogP contribution in [0.4, 0.5) is 13.2 Å². The number of hydrogen-bond acceptors (Lipinski definition) is 2. The molecule has 0 bridgehead atoms. The van der Waals surface area contributed by atoms with Gasteiger partial charge in [-0.25, -0.2) is 0 Å². The minimum Gasteiger partial charge on any atom is -0.381 e. The molecule has 0 radical (unpaired) electrons. The topological polar surface area (TPSA) is 21.3 Å². The molecule has 1 N–H and O–H groups in total. The molecule has 0 aromatic heterocycles. The van der Waals surface area contributed by atoms with E-state index >= 15 is 0 Å². The van der Waals surface area contributed by atoms with Crippen LogP contribution in [0.1, 0.15) is 18.4 Å². The smallest absolute Gasteiger partial charge is 0.381 e. The van der Waals surface area contributed by atoms with Crippen molar-refractivity contribution in [1.82, 2.24) is 5.32 Å². The lowest BCUT2D eigenvalue weighted by atomic mass is 9.89. The van der Waals surface area contributed by atoms with Crippen LogP contribution < -0.4 is 5.32 Å². The maximum Gasteiger partial charge on any atom is 0.406 e. The van der Waals surface area contributed by atoms with E-state index in [1.165, 1.54) is 0 Å². The van der Waals surface area contributed by atoms with Crippen molar-refractivity contribution in [2.45, 2.75) is 31.1 Å². The molecule has 1 saturated heterocycles. The highest BCUT2D eigenvalue weighted by molar-refractivity contribution is 5.15. The van der Waals surface area contributed by atoms with Crippen LogP contribution in [0, 0.1) is 0 Å². The van der Waals surface area contributed by atoms with Crippen LogP contribution in [0.3, 0.4) is 0 Å². The Morgan fingerprint density at radius 1 is 1.11 bits per heavy atom. The van der Waals surface area contributed by atoms with Gasteiger partial charge in [-0.15, -0.1) is 0 Å². The molecule has 0 amide bonds. The fourth-order valence-electron chi connectivity index (χ4n) is 2.15. The second kappa shape index (κ2) is 5.28. The Morgan fingerprint density at radius 2 is 1.72 bits per heavy atom. The predicted octanol–water partition coefficient (Wildman–Crippen LogP) is 2.89. The van der Waals surface area contributed by atoms with Crippen LogP contribution in [-0.4, -0.2) is 24.9 Å². The second-order valence-electron chi connectivity index (χ2n) is 4.53. The normalized spacial score (nSPS) is 19.7. The van der Waals surface area contributed by atoms with Crippen molar-refractivity contribution in [3.8, 4) is 0 Å². The molecule has 1 aromatic carbocycles. The molecule has 18 heavy (non-hydrogen) atoms. The molecule has 0 atom stereocenters. The molecule has 0 spiro atoms. The first-order valence-electron chi connectivity index (χ1n) is 5.97. The van der Waals surface area contributed by atoms with E-state index in [0.29, 0.717) is 0 Å². The number of rotatable bonds is 3. The molecule has 0 aliphatic carbocycles. The summed E-state index contributed by atoms with van der Waals surface area (Å²) in [5.41, 5.74) is -0.950. The Kier molecular flexibility index (Phi) is 3.92. The Labute approximate surface area is 104 Å². The molecule has 0 saturated carbocycles. The Morgan fingerprint density at radius 3 is 2.28 bits per heavy atom. The van der Waals surface area contributed by atoms with Crippen molar-refractivity contribution in [1.29, 1.82) is 0 Å². The van der Waals surface area contributed by atoms with Gasteiger partial charge in [-0.1, -0.05) is 30.3 Å². The lowest BCUT2D eigenvalue weighted by Crippen LogP contribution is -2.59. The van der Waals surface area contributed by atoms with E-state index in [1.54, 1.807) is 0 Å². The van der Waals surface area contributed by atoms with Crippen LogP contribution in [0.2, 0.25) is 0 Å². The highest BCUT2D eigenvalue weighted by Crippen LogP contribution is 2.38. The van der Waals surface area contributed by atoms with Crippen LogP contribution in [0.15, 0.2) is 30.3 Å². The average Bonchev–Trinajstić information content (AvgIpc) is 2.37. The van der Waals surface area contributed by atoms with Gasteiger partial charge in [0, 0.05) is 19.8 Å². The van der Waals surface area contributed by atoms with Crippen LogP contribution in [0.5, 0.6) is 0 Å². The lowest BCUT2D eigenvalue weighted by Gasteiger charge is -2.39. The Balaban J connectivity index is 2.06. The third kappa shape index (κ3) is 2.84. The summed E-state index contributed by atoms with van der Waals surface area (Å²) in [6.07, 6.45) is -4.29. The minimum atomic E-state index is -4.24. The minimum absolute atomic E-state index is 0.0245. The van der Waals surface area contributed by atoms with Crippen molar-refractivity contribution >= 4 is 0 Å². The molecule has 1 fully saturated rings. The molecule has 1 aromatic rings. The van der Waals surface area contributed by atoms with E-state index in [9.17, 15) is 13.2 Å². The summed E-state index contributed by atoms with van der Waals surface area (Å²) in [5.74, 6) is 0. The summed E-state index contributed by atoms with van der Waals surface area (Å²) in [6, 6.07) is 9.12. The fraction of sp³-hybridized carbons (Fsp3) is 0.538. The average molecular weight is 259 g/mol. The zero-order valence-corrected chi connectivity index (χ0v) is 9.96. The maximum atomic E-state index is 13.2. The number of nitrogens with one attached hydrogen (secondary N) is 1. The zero-order valence-electron chi connectivity index (χ0n) is 9.96. The lowest BCUT2D eigenvalue weighted by molar-refractivity contribution is -0.217. The molecule has 1 aliphatic rings. The Bertz CT molecular complexity index is 372. The van der Waals surface area contributed by atoms with Gasteiger partial charge in [0.05, 0.1) is 0 Å². The van der Waals surface area contributed by atoms with E-state index in [4.69, 9.17) is 4.74 Å². The van der Waals surface area contributed by atoms with Crippen LogP contribution in [-0.2, 0) is 11.3 Å². The van der Waals surface area contributed by atoms with Crippen molar-refractivity contribution in [3.63, 3.8) is 0 Å². The number of halogens is 3. The van der Waals surface area contributed by atoms with Crippen LogP contribution in [0.25, 0.3) is 0 Å². The molecular weight excluding hydrogens is 243 g/mol. The number of alkyl halides is 3. The molecule has 100 valence electrons. The van der Waals surface area contributed by atoms with Gasteiger partial charge in [0.1, 0.15) is 5.54 Å². The van der Waals surface area contributed by atoms with Crippen molar-refractivity contribution in [3.05, 3.63) is 35.9 Å². The summed E-state index contributed by atoms with van der Waals surface area (Å²) in [4.78, 5) is 0. The van der Waals surface area contributed by atoms with E-state index in [1.807, 2.05) is 30.3 Å². The first-order chi connectivity index (χ1) is 8.54. The summed E-state index contributed by atoms with van der Waals surface area (Å²) < 4.78 is 44.6. The number of ether oxygens (including phenoxy) is 1. The quantitative estimate of drug-likeness (QED) is 0.901. The number of hydrogen-bond donors (Lipinski definition) is 1. The molecule has 1 heterocycles. The van der Waals surface area contributed by atoms with Gasteiger partial charge in [-0.05, 0) is 18.4 Å². The second-order valence-corrected chi connectivity index (χ2v) is 4.53. The molecular formula is C13H16F3NO. The number of benzene rings is 1. The van der Waals surface area contributed by atoms with Crippen molar-refractivity contribution in [2.75, 3.05) is 13.2 Å². The van der Waals surface area contributed by atoms with Crippen molar-refractivity contribution < 1.29 is 17.9 Å². The van der Waals surface area contributed by atoms with E-state index in [2.05, 4.69) is 5.32 Å². The Hall–Kier alpha value is -1.07. The molecule has 2 nitrogen and oxygen atoms in total. The third-order valence-electron chi connectivity index (χ3n) is 3.36. The first kappa shape index (κ1) is 13.4. The third-order valence-corrected chi connectivity index (χ3v) is 3.36. The van der Waals surface area contributed by atoms with E-state index in [0.717, 1.165) is 5.56 Å². The van der Waals surface area contributed by atoms with Gasteiger partial charge in [0.2, 0.25) is 0 Å². The standard InChI is InChI=1S/C13H16F3NO/c14-13(15,16)12(6-8-18-9-7-12)17-10-11-4-2-1-3-5-11/h1-5,17H,6-10H2. The molecule has 1 aliphatic heterocycles. The summed E-state index contributed by atoms with van der Waals surface area (Å²) in [5, 5.41) is 2.69. The summed E-state index contributed by atoms with van der Waals surface area (Å²) >= 11 is 0. The zero-order chi connectivity index (χ0) is 13.1. The molecule has 0 unspecified atom stereocenters. The van der Waals surface area contributed by atoms with Gasteiger partial charge in [0.15, 0.2) is 0 Å².